The fraction of sp³-hybridized carbons (Fsp3) is 0.529. The largest absolute Gasteiger partial charge is 0.490 e. The Balaban J connectivity index is 1.77. The van der Waals surface area contributed by atoms with E-state index in [2.05, 4.69) is 0 Å². The van der Waals surface area contributed by atoms with E-state index in [1.165, 1.54) is 11.9 Å². The Bertz CT molecular complexity index is 634. The Hall–Kier alpha value is -2.44. The van der Waals surface area contributed by atoms with Gasteiger partial charge in [-0.2, -0.15) is 0 Å². The van der Waals surface area contributed by atoms with Crippen molar-refractivity contribution < 1.29 is 19.1 Å². The smallest absolute Gasteiger partial charge is 0.314 e. The molecule has 0 unspecified atom stereocenters. The highest BCUT2D eigenvalue weighted by atomic mass is 16.5. The van der Waals surface area contributed by atoms with Gasteiger partial charge in [-0.05, 0) is 30.5 Å². The number of carbonyl (C=O) groups is 2. The molecule has 1 saturated heterocycles. The van der Waals surface area contributed by atoms with Crippen LogP contribution in [0.25, 0.3) is 0 Å². The van der Waals surface area contributed by atoms with Crippen LogP contribution in [0, 0.1) is 0 Å². The third-order valence-electron chi connectivity index (χ3n) is 4.48. The van der Waals surface area contributed by atoms with Crippen molar-refractivity contribution in [2.24, 2.45) is 5.73 Å². The molecule has 1 atom stereocenters. The Morgan fingerprint density at radius 1 is 1.25 bits per heavy atom. The zero-order valence-electron chi connectivity index (χ0n) is 13.9. The second-order valence-corrected chi connectivity index (χ2v) is 6.20. The average molecular weight is 333 g/mol. The monoisotopic (exact) mass is 333 g/mol. The minimum Gasteiger partial charge on any atom is -0.490 e. The highest BCUT2D eigenvalue weighted by molar-refractivity contribution is 5.83. The molecular formula is C17H23N3O4. The molecule has 1 aromatic carbocycles. The van der Waals surface area contributed by atoms with Crippen molar-refractivity contribution in [2.75, 3.05) is 33.4 Å². The van der Waals surface area contributed by atoms with E-state index in [1.807, 2.05) is 23.1 Å². The van der Waals surface area contributed by atoms with Gasteiger partial charge in [0.05, 0.1) is 19.3 Å². The van der Waals surface area contributed by atoms with E-state index in [0.29, 0.717) is 19.8 Å². The number of hydrogen-bond acceptors (Lipinski definition) is 4. The maximum absolute atomic E-state index is 12.5. The summed E-state index contributed by atoms with van der Waals surface area (Å²) < 4.78 is 11.4. The topological polar surface area (TPSA) is 85.1 Å². The minimum absolute atomic E-state index is 0.00359. The lowest BCUT2D eigenvalue weighted by Crippen LogP contribution is -2.42. The Labute approximate surface area is 141 Å². The maximum atomic E-state index is 12.5. The lowest BCUT2D eigenvalue weighted by Gasteiger charge is -2.27. The van der Waals surface area contributed by atoms with Gasteiger partial charge < -0.3 is 25.0 Å². The van der Waals surface area contributed by atoms with E-state index in [-0.39, 0.29) is 18.5 Å². The van der Waals surface area contributed by atoms with Gasteiger partial charge >= 0.3 is 6.03 Å². The van der Waals surface area contributed by atoms with Crippen LogP contribution in [0.2, 0.25) is 0 Å². The quantitative estimate of drug-likeness (QED) is 0.909. The molecule has 2 heterocycles. The molecule has 3 amide bonds. The fourth-order valence-corrected chi connectivity index (χ4v) is 3.17. The molecule has 0 spiro atoms. The second-order valence-electron chi connectivity index (χ2n) is 6.20. The van der Waals surface area contributed by atoms with Crippen molar-refractivity contribution in [3.8, 4) is 11.5 Å². The van der Waals surface area contributed by atoms with E-state index in [0.717, 1.165) is 36.3 Å². The van der Waals surface area contributed by atoms with Crippen molar-refractivity contribution >= 4 is 11.9 Å². The summed E-state index contributed by atoms with van der Waals surface area (Å²) in [5.74, 6) is 1.39. The first-order valence-corrected chi connectivity index (χ1v) is 8.26. The SMILES string of the molecule is CN(CC(=O)N1CCC[C@@H]1c1ccc2c(c1)OCCCO2)C(N)=O. The summed E-state index contributed by atoms with van der Waals surface area (Å²) in [6.07, 6.45) is 2.69. The van der Waals surface area contributed by atoms with Gasteiger partial charge in [0.1, 0.15) is 6.54 Å². The Kier molecular flexibility index (Phi) is 4.78. The van der Waals surface area contributed by atoms with Crippen molar-refractivity contribution in [1.29, 1.82) is 0 Å². The number of primary amides is 1. The third-order valence-corrected chi connectivity index (χ3v) is 4.48. The Morgan fingerprint density at radius 3 is 2.75 bits per heavy atom. The number of ether oxygens (including phenoxy) is 2. The molecule has 3 rings (SSSR count). The lowest BCUT2D eigenvalue weighted by atomic mass is 10.0. The van der Waals surface area contributed by atoms with Gasteiger partial charge in [0.2, 0.25) is 5.91 Å². The predicted molar refractivity (Wildman–Crippen MR) is 88.0 cm³/mol. The molecule has 0 bridgehead atoms. The number of benzene rings is 1. The Morgan fingerprint density at radius 2 is 2.00 bits per heavy atom. The highest BCUT2D eigenvalue weighted by Gasteiger charge is 2.31. The number of carbonyl (C=O) groups excluding carboxylic acids is 2. The van der Waals surface area contributed by atoms with Crippen LogP contribution < -0.4 is 15.2 Å². The molecule has 130 valence electrons. The van der Waals surface area contributed by atoms with Crippen molar-refractivity contribution in [3.63, 3.8) is 0 Å². The van der Waals surface area contributed by atoms with Crippen LogP contribution in [-0.4, -0.2) is 55.1 Å². The first kappa shape index (κ1) is 16.4. The molecule has 24 heavy (non-hydrogen) atoms. The number of likely N-dealkylation sites (N-methyl/N-ethyl adjacent to an activating group) is 1. The number of fused-ring (bicyclic) bond motifs is 1. The minimum atomic E-state index is -0.602. The van der Waals surface area contributed by atoms with E-state index < -0.39 is 6.03 Å². The van der Waals surface area contributed by atoms with Crippen LogP contribution in [0.1, 0.15) is 30.9 Å². The maximum Gasteiger partial charge on any atom is 0.314 e. The number of rotatable bonds is 3. The summed E-state index contributed by atoms with van der Waals surface area (Å²) >= 11 is 0. The van der Waals surface area contributed by atoms with Gasteiger partial charge in [-0.15, -0.1) is 0 Å². The average Bonchev–Trinajstić information content (AvgIpc) is 2.93. The van der Waals surface area contributed by atoms with Gasteiger partial charge in [0.15, 0.2) is 11.5 Å². The van der Waals surface area contributed by atoms with Crippen LogP contribution in [0.15, 0.2) is 18.2 Å². The molecular weight excluding hydrogens is 310 g/mol. The van der Waals surface area contributed by atoms with Crippen molar-refractivity contribution in [3.05, 3.63) is 23.8 Å². The van der Waals surface area contributed by atoms with E-state index >= 15 is 0 Å². The summed E-state index contributed by atoms with van der Waals surface area (Å²) in [5, 5.41) is 0. The summed E-state index contributed by atoms with van der Waals surface area (Å²) in [6, 6.07) is 5.26. The molecule has 7 heteroatoms. The third kappa shape index (κ3) is 3.39. The lowest BCUT2D eigenvalue weighted by molar-refractivity contribution is -0.132. The molecule has 0 radical (unpaired) electrons. The fourth-order valence-electron chi connectivity index (χ4n) is 3.17. The first-order chi connectivity index (χ1) is 11.6. The van der Waals surface area contributed by atoms with Crippen LogP contribution in [0.3, 0.4) is 0 Å². The molecule has 1 aromatic rings. The molecule has 2 N–H and O–H groups in total. The molecule has 0 aromatic heterocycles. The van der Waals surface area contributed by atoms with Crippen LogP contribution in [0.5, 0.6) is 11.5 Å². The van der Waals surface area contributed by atoms with Gasteiger partial charge in [0, 0.05) is 20.0 Å². The second kappa shape index (κ2) is 6.98. The van der Waals surface area contributed by atoms with Crippen molar-refractivity contribution in [2.45, 2.75) is 25.3 Å². The number of amides is 3. The number of hydrogen-bond donors (Lipinski definition) is 1. The molecule has 2 aliphatic heterocycles. The molecule has 1 fully saturated rings. The van der Waals surface area contributed by atoms with E-state index in [4.69, 9.17) is 15.2 Å². The van der Waals surface area contributed by atoms with Crippen LogP contribution >= 0.6 is 0 Å². The van der Waals surface area contributed by atoms with Gasteiger partial charge in [-0.1, -0.05) is 6.07 Å². The standard InChI is InChI=1S/C17H23N3O4/c1-19(17(18)22)11-16(21)20-7-2-4-13(20)12-5-6-14-15(10-12)24-9-3-8-23-14/h5-6,10,13H,2-4,7-9,11H2,1H3,(H2,18,22)/t13-/m1/s1. The molecule has 2 aliphatic rings. The van der Waals surface area contributed by atoms with Crippen LogP contribution in [0.4, 0.5) is 4.79 Å². The normalized spacial score (nSPS) is 19.7. The number of nitrogens with zero attached hydrogens (tertiary/aromatic N) is 2. The molecule has 0 aliphatic carbocycles. The van der Waals surface area contributed by atoms with E-state index in [1.54, 1.807) is 0 Å². The van der Waals surface area contributed by atoms with Gasteiger partial charge in [-0.3, -0.25) is 4.79 Å². The van der Waals surface area contributed by atoms with Gasteiger partial charge in [0.25, 0.3) is 0 Å². The zero-order valence-corrected chi connectivity index (χ0v) is 13.9. The summed E-state index contributed by atoms with van der Waals surface area (Å²) in [7, 11) is 1.53. The van der Waals surface area contributed by atoms with Crippen LogP contribution in [-0.2, 0) is 4.79 Å². The number of nitrogens with two attached hydrogens (primary N) is 1. The highest BCUT2D eigenvalue weighted by Crippen LogP contribution is 2.37. The summed E-state index contributed by atoms with van der Waals surface area (Å²) in [4.78, 5) is 26.7. The van der Waals surface area contributed by atoms with E-state index in [9.17, 15) is 9.59 Å². The zero-order chi connectivity index (χ0) is 17.1. The van der Waals surface area contributed by atoms with Crippen molar-refractivity contribution in [1.82, 2.24) is 9.80 Å². The molecule has 7 nitrogen and oxygen atoms in total. The summed E-state index contributed by atoms with van der Waals surface area (Å²) in [5.41, 5.74) is 6.24. The molecule has 0 saturated carbocycles. The van der Waals surface area contributed by atoms with Gasteiger partial charge in [-0.25, -0.2) is 4.79 Å². The first-order valence-electron chi connectivity index (χ1n) is 8.26. The number of urea groups is 1. The predicted octanol–water partition coefficient (Wildman–Crippen LogP) is 1.52. The summed E-state index contributed by atoms with van der Waals surface area (Å²) in [6.45, 7) is 1.97. The number of likely N-dealkylation sites (tertiary alicyclic amines) is 1.